The van der Waals surface area contributed by atoms with Crippen LogP contribution in [0.1, 0.15) is 11.1 Å². The number of aromatic hydroxyl groups is 1. The van der Waals surface area contributed by atoms with Gasteiger partial charge >= 0.3 is 0 Å². The van der Waals surface area contributed by atoms with Crippen LogP contribution in [0.15, 0.2) is 36.4 Å². The van der Waals surface area contributed by atoms with Crippen molar-refractivity contribution in [2.75, 3.05) is 12.1 Å². The van der Waals surface area contributed by atoms with Crippen LogP contribution >= 0.6 is 0 Å². The van der Waals surface area contributed by atoms with Crippen LogP contribution in [0.4, 0.5) is 5.69 Å². The minimum atomic E-state index is 0.212. The lowest BCUT2D eigenvalue weighted by Crippen LogP contribution is -1.99. The maximum absolute atomic E-state index is 9.92. The Kier molecular flexibility index (Phi) is 2.91. The van der Waals surface area contributed by atoms with E-state index in [2.05, 4.69) is 5.32 Å². The Morgan fingerprint density at radius 2 is 1.79 bits per heavy atom. The minimum absolute atomic E-state index is 0.212. The molecule has 1 heterocycles. The molecule has 2 N–H and O–H groups in total. The largest absolute Gasteiger partial charge is 0.507 e. The van der Waals surface area contributed by atoms with Gasteiger partial charge in [-0.15, -0.1) is 0 Å². The second-order valence-electron chi connectivity index (χ2n) is 4.55. The van der Waals surface area contributed by atoms with E-state index in [0.717, 1.165) is 11.3 Å². The van der Waals surface area contributed by atoms with E-state index in [1.807, 2.05) is 31.2 Å². The van der Waals surface area contributed by atoms with E-state index < -0.39 is 0 Å². The summed E-state index contributed by atoms with van der Waals surface area (Å²) in [6.07, 6.45) is 0. The van der Waals surface area contributed by atoms with E-state index in [1.54, 1.807) is 12.1 Å². The molecule has 1 aliphatic rings. The van der Waals surface area contributed by atoms with Gasteiger partial charge in [0.2, 0.25) is 6.79 Å². The predicted octanol–water partition coefficient (Wildman–Crippen LogP) is 3.04. The Labute approximate surface area is 111 Å². The minimum Gasteiger partial charge on any atom is -0.507 e. The maximum Gasteiger partial charge on any atom is 0.231 e. The highest BCUT2D eigenvalue weighted by atomic mass is 16.7. The maximum atomic E-state index is 9.92. The van der Waals surface area contributed by atoms with Gasteiger partial charge in [-0.3, -0.25) is 0 Å². The Hall–Kier alpha value is -2.36. The number of aryl methyl sites for hydroxylation is 1. The molecule has 0 aliphatic carbocycles. The lowest BCUT2D eigenvalue weighted by molar-refractivity contribution is 0.174. The number of hydrogen-bond acceptors (Lipinski definition) is 4. The highest BCUT2D eigenvalue weighted by Crippen LogP contribution is 2.37. The molecule has 0 atom stereocenters. The summed E-state index contributed by atoms with van der Waals surface area (Å²) < 4.78 is 10.5. The normalized spacial score (nSPS) is 12.5. The molecular weight excluding hydrogens is 242 g/mol. The molecule has 0 spiro atoms. The molecule has 0 bridgehead atoms. The summed E-state index contributed by atoms with van der Waals surface area (Å²) >= 11 is 0. The molecule has 0 fully saturated rings. The zero-order valence-electron chi connectivity index (χ0n) is 10.6. The first-order valence-electron chi connectivity index (χ1n) is 6.14. The lowest BCUT2D eigenvalue weighted by atomic mass is 10.1. The van der Waals surface area contributed by atoms with E-state index in [1.165, 1.54) is 5.56 Å². The molecule has 2 aromatic carbocycles. The van der Waals surface area contributed by atoms with Gasteiger partial charge in [0.15, 0.2) is 11.5 Å². The second-order valence-corrected chi connectivity index (χ2v) is 4.55. The zero-order chi connectivity index (χ0) is 13.2. The number of nitrogens with one attached hydrogen (secondary N) is 1. The second kappa shape index (κ2) is 4.72. The van der Waals surface area contributed by atoms with E-state index in [-0.39, 0.29) is 12.5 Å². The van der Waals surface area contributed by atoms with Crippen molar-refractivity contribution in [3.8, 4) is 17.2 Å². The van der Waals surface area contributed by atoms with Crippen LogP contribution in [0.3, 0.4) is 0 Å². The number of phenols is 1. The summed E-state index contributed by atoms with van der Waals surface area (Å²) in [5.41, 5.74) is 3.02. The van der Waals surface area contributed by atoms with Crippen molar-refractivity contribution < 1.29 is 14.6 Å². The van der Waals surface area contributed by atoms with Crippen LogP contribution in [0.5, 0.6) is 17.2 Å². The van der Waals surface area contributed by atoms with E-state index in [9.17, 15) is 5.11 Å². The number of rotatable bonds is 3. The van der Waals surface area contributed by atoms with Gasteiger partial charge in [-0.25, -0.2) is 0 Å². The van der Waals surface area contributed by atoms with Gasteiger partial charge in [-0.05, 0) is 25.1 Å². The fraction of sp³-hybridized carbons (Fsp3) is 0.200. The average molecular weight is 257 g/mol. The van der Waals surface area contributed by atoms with Gasteiger partial charge in [-0.1, -0.05) is 17.7 Å². The molecule has 4 nitrogen and oxygen atoms in total. The molecule has 0 unspecified atom stereocenters. The van der Waals surface area contributed by atoms with Gasteiger partial charge in [0, 0.05) is 23.9 Å². The summed E-state index contributed by atoms with van der Waals surface area (Å²) in [4.78, 5) is 0. The van der Waals surface area contributed by atoms with Gasteiger partial charge in [-0.2, -0.15) is 0 Å². The number of anilines is 1. The average Bonchev–Trinajstić information content (AvgIpc) is 2.85. The van der Waals surface area contributed by atoms with E-state index >= 15 is 0 Å². The monoisotopic (exact) mass is 257 g/mol. The van der Waals surface area contributed by atoms with Crippen LogP contribution in [-0.2, 0) is 6.54 Å². The standard InChI is InChI=1S/C15H15NO3/c1-10-2-4-12(5-3-10)16-8-11-6-14-15(7-13(11)17)19-9-18-14/h2-7,16-17H,8-9H2,1H3. The number of fused-ring (bicyclic) bond motifs is 1. The molecule has 4 heteroatoms. The van der Waals surface area contributed by atoms with Gasteiger partial charge < -0.3 is 19.9 Å². The highest BCUT2D eigenvalue weighted by Gasteiger charge is 2.16. The van der Waals surface area contributed by atoms with E-state index in [4.69, 9.17) is 9.47 Å². The van der Waals surface area contributed by atoms with Gasteiger partial charge in [0.1, 0.15) is 5.75 Å². The van der Waals surface area contributed by atoms with Crippen molar-refractivity contribution in [3.63, 3.8) is 0 Å². The molecule has 1 aliphatic heterocycles. The predicted molar refractivity (Wildman–Crippen MR) is 72.7 cm³/mol. The van der Waals surface area contributed by atoms with Crippen LogP contribution in [0.25, 0.3) is 0 Å². The Balaban J connectivity index is 1.75. The Morgan fingerprint density at radius 3 is 2.53 bits per heavy atom. The van der Waals surface area contributed by atoms with Crippen molar-refractivity contribution in [2.24, 2.45) is 0 Å². The third-order valence-electron chi connectivity index (χ3n) is 3.11. The lowest BCUT2D eigenvalue weighted by Gasteiger charge is -2.09. The van der Waals surface area contributed by atoms with Crippen LogP contribution in [0.2, 0.25) is 0 Å². The molecule has 3 rings (SSSR count). The van der Waals surface area contributed by atoms with Crippen LogP contribution in [0, 0.1) is 6.92 Å². The van der Waals surface area contributed by atoms with Crippen molar-refractivity contribution in [1.82, 2.24) is 0 Å². The SMILES string of the molecule is Cc1ccc(NCc2cc3c(cc2O)OCO3)cc1. The summed E-state index contributed by atoms with van der Waals surface area (Å²) in [5, 5.41) is 13.2. The molecule has 0 aromatic heterocycles. The third-order valence-corrected chi connectivity index (χ3v) is 3.11. The summed E-state index contributed by atoms with van der Waals surface area (Å²) in [6, 6.07) is 11.5. The summed E-state index contributed by atoms with van der Waals surface area (Å²) in [6.45, 7) is 2.79. The van der Waals surface area contributed by atoms with Crippen molar-refractivity contribution >= 4 is 5.69 Å². The summed E-state index contributed by atoms with van der Waals surface area (Å²) in [5.74, 6) is 1.49. The number of phenolic OH excluding ortho intramolecular Hbond substituents is 1. The molecule has 98 valence electrons. The quantitative estimate of drug-likeness (QED) is 0.887. The summed E-state index contributed by atoms with van der Waals surface area (Å²) in [7, 11) is 0. The molecule has 0 saturated carbocycles. The molecule has 0 radical (unpaired) electrons. The Morgan fingerprint density at radius 1 is 1.11 bits per heavy atom. The first-order chi connectivity index (χ1) is 9.22. The topological polar surface area (TPSA) is 50.7 Å². The van der Waals surface area contributed by atoms with E-state index in [0.29, 0.717) is 18.0 Å². The van der Waals surface area contributed by atoms with Gasteiger partial charge in [0.25, 0.3) is 0 Å². The Bertz CT molecular complexity index is 593. The van der Waals surface area contributed by atoms with Crippen molar-refractivity contribution in [3.05, 3.63) is 47.5 Å². The third kappa shape index (κ3) is 2.42. The molecule has 0 amide bonds. The fourth-order valence-electron chi connectivity index (χ4n) is 1.98. The number of benzene rings is 2. The first kappa shape index (κ1) is 11.7. The fourth-order valence-corrected chi connectivity index (χ4v) is 1.98. The van der Waals surface area contributed by atoms with Gasteiger partial charge in [0.05, 0.1) is 0 Å². The van der Waals surface area contributed by atoms with Crippen molar-refractivity contribution in [1.29, 1.82) is 0 Å². The van der Waals surface area contributed by atoms with Crippen LogP contribution < -0.4 is 14.8 Å². The molecule has 0 saturated heterocycles. The smallest absolute Gasteiger partial charge is 0.231 e. The molecule has 2 aromatic rings. The zero-order valence-corrected chi connectivity index (χ0v) is 10.6. The number of ether oxygens (including phenoxy) is 2. The molecule has 19 heavy (non-hydrogen) atoms. The highest BCUT2D eigenvalue weighted by molar-refractivity contribution is 5.53. The van der Waals surface area contributed by atoms with Crippen LogP contribution in [-0.4, -0.2) is 11.9 Å². The van der Waals surface area contributed by atoms with Crippen molar-refractivity contribution in [2.45, 2.75) is 13.5 Å². The molecular formula is C15H15NO3. The first-order valence-corrected chi connectivity index (χ1v) is 6.14. The number of hydrogen-bond donors (Lipinski definition) is 2.